The van der Waals surface area contributed by atoms with Crippen molar-refractivity contribution in [3.05, 3.63) is 79.4 Å². The summed E-state index contributed by atoms with van der Waals surface area (Å²) in [6, 6.07) is 12.0. The lowest BCUT2D eigenvalue weighted by Gasteiger charge is -2.04. The van der Waals surface area contributed by atoms with E-state index in [1.165, 1.54) is 29.5 Å². The number of hydrogen-bond donors (Lipinski definition) is 1. The Kier molecular flexibility index (Phi) is 5.43. The van der Waals surface area contributed by atoms with E-state index in [2.05, 4.69) is 42.2 Å². The third-order valence-electron chi connectivity index (χ3n) is 3.24. The first-order valence-corrected chi connectivity index (χ1v) is 9.37. The molecule has 0 aliphatic heterocycles. The maximum Gasteiger partial charge on any atom is 0.258 e. The van der Waals surface area contributed by atoms with Crippen molar-refractivity contribution in [2.75, 3.05) is 5.32 Å². The largest absolute Gasteiger partial charge is 0.298 e. The van der Waals surface area contributed by atoms with Crippen molar-refractivity contribution in [3.8, 4) is 0 Å². The van der Waals surface area contributed by atoms with Crippen LogP contribution in [0.3, 0.4) is 0 Å². The number of aromatic nitrogens is 1. The van der Waals surface area contributed by atoms with Crippen LogP contribution in [0.15, 0.2) is 57.6 Å². The van der Waals surface area contributed by atoms with Crippen LogP contribution in [0.2, 0.25) is 0 Å². The molecule has 0 saturated heterocycles. The lowest BCUT2D eigenvalue weighted by Crippen LogP contribution is -2.12. The third kappa shape index (κ3) is 4.28. The van der Waals surface area contributed by atoms with Gasteiger partial charge in [0.1, 0.15) is 5.82 Å². The fourth-order valence-electron chi connectivity index (χ4n) is 2.09. The van der Waals surface area contributed by atoms with E-state index in [1.807, 2.05) is 24.3 Å². The first-order chi connectivity index (χ1) is 11.5. The molecule has 7 heteroatoms. The molecule has 0 fully saturated rings. The molecule has 122 valence electrons. The lowest BCUT2D eigenvalue weighted by atomic mass is 10.1. The summed E-state index contributed by atoms with van der Waals surface area (Å²) < 4.78 is 14.9. The number of hydrogen-bond acceptors (Lipinski definition) is 3. The highest BCUT2D eigenvalue weighted by Gasteiger charge is 2.13. The number of rotatable bonds is 4. The van der Waals surface area contributed by atoms with Crippen molar-refractivity contribution in [3.63, 3.8) is 0 Å². The molecule has 0 atom stereocenters. The van der Waals surface area contributed by atoms with Gasteiger partial charge in [0.05, 0.1) is 5.56 Å². The number of benzene rings is 2. The smallest absolute Gasteiger partial charge is 0.258 e. The SMILES string of the molecule is O=C(Nc1ncc(Cc2ccc(Br)cc2)s1)c1cc(F)ccc1Br. The minimum absolute atomic E-state index is 0.236. The molecule has 3 rings (SSSR count). The molecule has 0 spiro atoms. The van der Waals surface area contributed by atoms with Crippen molar-refractivity contribution < 1.29 is 9.18 Å². The third-order valence-corrected chi connectivity index (χ3v) is 5.37. The molecule has 3 aromatic rings. The normalized spacial score (nSPS) is 10.6. The number of anilines is 1. The van der Waals surface area contributed by atoms with Crippen LogP contribution in [0.25, 0.3) is 0 Å². The molecule has 1 N–H and O–H groups in total. The molecular weight excluding hydrogens is 459 g/mol. The van der Waals surface area contributed by atoms with E-state index in [4.69, 9.17) is 0 Å². The van der Waals surface area contributed by atoms with Gasteiger partial charge < -0.3 is 0 Å². The van der Waals surface area contributed by atoms with E-state index < -0.39 is 11.7 Å². The van der Waals surface area contributed by atoms with Gasteiger partial charge in [-0.25, -0.2) is 9.37 Å². The molecule has 0 aliphatic carbocycles. The van der Waals surface area contributed by atoms with Crippen LogP contribution in [0.5, 0.6) is 0 Å². The minimum atomic E-state index is -0.460. The molecule has 1 aromatic heterocycles. The van der Waals surface area contributed by atoms with E-state index in [0.717, 1.165) is 21.3 Å². The van der Waals surface area contributed by atoms with Gasteiger partial charge in [-0.05, 0) is 51.8 Å². The first kappa shape index (κ1) is 17.3. The molecule has 0 radical (unpaired) electrons. The van der Waals surface area contributed by atoms with Gasteiger partial charge in [0.2, 0.25) is 0 Å². The average molecular weight is 470 g/mol. The number of nitrogens with zero attached hydrogens (tertiary/aromatic N) is 1. The Labute approximate surface area is 159 Å². The number of carbonyl (C=O) groups is 1. The van der Waals surface area contributed by atoms with Crippen LogP contribution in [0.4, 0.5) is 9.52 Å². The summed E-state index contributed by atoms with van der Waals surface area (Å²) in [6.07, 6.45) is 2.48. The molecule has 24 heavy (non-hydrogen) atoms. The van der Waals surface area contributed by atoms with Gasteiger partial charge in [0.15, 0.2) is 5.13 Å². The van der Waals surface area contributed by atoms with Gasteiger partial charge in [-0.15, -0.1) is 11.3 Å². The highest BCUT2D eigenvalue weighted by Crippen LogP contribution is 2.24. The van der Waals surface area contributed by atoms with E-state index in [0.29, 0.717) is 9.60 Å². The summed E-state index contributed by atoms with van der Waals surface area (Å²) in [4.78, 5) is 17.5. The standard InChI is InChI=1S/C17H11Br2FN2OS/c18-11-3-1-10(2-4-11)7-13-9-21-17(24-13)22-16(23)14-8-12(20)5-6-15(14)19/h1-6,8-9H,7H2,(H,21,22,23). The fraction of sp³-hybridized carbons (Fsp3) is 0.0588. The second kappa shape index (κ2) is 7.55. The molecule has 1 heterocycles. The Bertz CT molecular complexity index is 881. The summed E-state index contributed by atoms with van der Waals surface area (Å²) >= 11 is 8.06. The van der Waals surface area contributed by atoms with Crippen LogP contribution in [0.1, 0.15) is 20.8 Å². The zero-order chi connectivity index (χ0) is 17.1. The minimum Gasteiger partial charge on any atom is -0.298 e. The summed E-state index contributed by atoms with van der Waals surface area (Å²) in [5.41, 5.74) is 1.40. The Morgan fingerprint density at radius 3 is 2.67 bits per heavy atom. The molecule has 3 nitrogen and oxygen atoms in total. The number of thiazole rings is 1. The van der Waals surface area contributed by atoms with E-state index in [1.54, 1.807) is 6.20 Å². The summed E-state index contributed by atoms with van der Waals surface area (Å²) in [5.74, 6) is -0.857. The summed E-state index contributed by atoms with van der Waals surface area (Å²) in [7, 11) is 0. The topological polar surface area (TPSA) is 42.0 Å². The Morgan fingerprint density at radius 1 is 1.17 bits per heavy atom. The molecular formula is C17H11Br2FN2OS. The lowest BCUT2D eigenvalue weighted by molar-refractivity contribution is 0.102. The number of carbonyl (C=O) groups excluding carboxylic acids is 1. The van der Waals surface area contributed by atoms with Crippen molar-refractivity contribution in [2.45, 2.75) is 6.42 Å². The van der Waals surface area contributed by atoms with Gasteiger partial charge >= 0.3 is 0 Å². The maximum absolute atomic E-state index is 13.3. The predicted molar refractivity (Wildman–Crippen MR) is 101 cm³/mol. The molecule has 1 amide bonds. The number of amides is 1. The van der Waals surface area contributed by atoms with Crippen LogP contribution < -0.4 is 5.32 Å². The van der Waals surface area contributed by atoms with Gasteiger partial charge in [0, 0.05) is 26.4 Å². The second-order valence-electron chi connectivity index (χ2n) is 5.01. The molecule has 0 unspecified atom stereocenters. The Hall–Kier alpha value is -1.57. The van der Waals surface area contributed by atoms with Gasteiger partial charge in [-0.2, -0.15) is 0 Å². The zero-order valence-corrected chi connectivity index (χ0v) is 16.2. The van der Waals surface area contributed by atoms with Crippen LogP contribution in [-0.4, -0.2) is 10.9 Å². The van der Waals surface area contributed by atoms with E-state index >= 15 is 0 Å². The van der Waals surface area contributed by atoms with Crippen molar-refractivity contribution in [1.82, 2.24) is 4.98 Å². The number of nitrogens with one attached hydrogen (secondary N) is 1. The van der Waals surface area contributed by atoms with Crippen molar-refractivity contribution in [2.24, 2.45) is 0 Å². The summed E-state index contributed by atoms with van der Waals surface area (Å²) in [5, 5.41) is 3.19. The maximum atomic E-state index is 13.3. The molecule has 0 saturated carbocycles. The number of halogens is 3. The van der Waals surface area contributed by atoms with Crippen LogP contribution in [-0.2, 0) is 6.42 Å². The zero-order valence-electron chi connectivity index (χ0n) is 12.2. The van der Waals surface area contributed by atoms with Gasteiger partial charge in [-0.1, -0.05) is 28.1 Å². The quantitative estimate of drug-likeness (QED) is 0.536. The summed E-state index contributed by atoms with van der Waals surface area (Å²) in [6.45, 7) is 0. The molecule has 0 aliphatic rings. The van der Waals surface area contributed by atoms with E-state index in [-0.39, 0.29) is 5.56 Å². The van der Waals surface area contributed by atoms with Crippen LogP contribution in [0, 0.1) is 5.82 Å². The highest BCUT2D eigenvalue weighted by molar-refractivity contribution is 9.10. The fourth-order valence-corrected chi connectivity index (χ4v) is 3.62. The Morgan fingerprint density at radius 2 is 1.92 bits per heavy atom. The highest BCUT2D eigenvalue weighted by atomic mass is 79.9. The van der Waals surface area contributed by atoms with Crippen molar-refractivity contribution >= 4 is 54.2 Å². The molecule has 2 aromatic carbocycles. The average Bonchev–Trinajstić information content (AvgIpc) is 2.99. The van der Waals surface area contributed by atoms with Gasteiger partial charge in [0.25, 0.3) is 5.91 Å². The first-order valence-electron chi connectivity index (χ1n) is 6.97. The Balaban J connectivity index is 1.70. The molecule has 0 bridgehead atoms. The second-order valence-corrected chi connectivity index (χ2v) is 7.90. The predicted octanol–water partition coefficient (Wildman–Crippen LogP) is 5.65. The van der Waals surface area contributed by atoms with Crippen molar-refractivity contribution in [1.29, 1.82) is 0 Å². The van der Waals surface area contributed by atoms with Crippen LogP contribution >= 0.6 is 43.2 Å². The monoisotopic (exact) mass is 468 g/mol. The van der Waals surface area contributed by atoms with E-state index in [9.17, 15) is 9.18 Å². The van der Waals surface area contributed by atoms with Gasteiger partial charge in [-0.3, -0.25) is 10.1 Å².